The summed E-state index contributed by atoms with van der Waals surface area (Å²) in [5, 5.41) is 6.72. The summed E-state index contributed by atoms with van der Waals surface area (Å²) in [7, 11) is 0. The molecule has 0 bridgehead atoms. The molecule has 2 aromatic carbocycles. The number of thiazole rings is 1. The van der Waals surface area contributed by atoms with Gasteiger partial charge in [0.25, 0.3) is 5.91 Å². The van der Waals surface area contributed by atoms with Crippen LogP contribution in [0.3, 0.4) is 0 Å². The number of aromatic amines is 1. The largest absolute Gasteiger partial charge is 0.358 e. The van der Waals surface area contributed by atoms with E-state index >= 15 is 0 Å². The molecule has 2 heterocycles. The zero-order chi connectivity index (χ0) is 19.1. The topological polar surface area (TPSA) is 57.8 Å². The first-order valence-electron chi connectivity index (χ1n) is 9.63. The highest BCUT2D eigenvalue weighted by Gasteiger charge is 2.20. The van der Waals surface area contributed by atoms with Gasteiger partial charge in [0.05, 0.1) is 5.69 Å². The number of nitrogens with one attached hydrogen (secondary N) is 2. The molecule has 0 fully saturated rings. The Morgan fingerprint density at radius 1 is 1.21 bits per heavy atom. The zero-order valence-electron chi connectivity index (χ0n) is 15.7. The number of carbonyl (C=O) groups is 1. The summed E-state index contributed by atoms with van der Waals surface area (Å²) < 4.78 is 0. The monoisotopic (exact) mass is 387 g/mol. The fourth-order valence-corrected chi connectivity index (χ4v) is 4.69. The Morgan fingerprint density at radius 3 is 2.93 bits per heavy atom. The minimum absolute atomic E-state index is 0.116. The van der Waals surface area contributed by atoms with Gasteiger partial charge in [0.1, 0.15) is 0 Å². The predicted octanol–water partition coefficient (Wildman–Crippen LogP) is 5.67. The van der Waals surface area contributed by atoms with Crippen LogP contribution in [0.2, 0.25) is 0 Å². The second kappa shape index (κ2) is 6.91. The summed E-state index contributed by atoms with van der Waals surface area (Å²) in [5.74, 6) is 0.574. The van der Waals surface area contributed by atoms with Gasteiger partial charge >= 0.3 is 0 Å². The maximum Gasteiger partial charge on any atom is 0.257 e. The molecule has 1 aliphatic rings. The first kappa shape index (κ1) is 17.2. The highest BCUT2D eigenvalue weighted by atomic mass is 32.1. The average molecular weight is 388 g/mol. The molecule has 5 heteroatoms. The molecule has 2 aromatic heterocycles. The lowest BCUT2D eigenvalue weighted by Crippen LogP contribution is -2.12. The van der Waals surface area contributed by atoms with Gasteiger partial charge in [-0.3, -0.25) is 10.1 Å². The standard InChI is InChI=1S/C23H21N3OS/c1-14-7-9-19-17(11-14)18-12-16(8-10-20(18)24-19)22(27)26-23-25-21(13-28-23)15-5-3-2-4-6-15/h2-6,8,10,12-14,24H,7,9,11H2,1H3,(H,25,26,27). The molecule has 1 aliphatic carbocycles. The molecule has 5 rings (SSSR count). The van der Waals surface area contributed by atoms with Gasteiger partial charge in [-0.15, -0.1) is 11.3 Å². The molecule has 140 valence electrons. The SMILES string of the molecule is CC1CCc2[nH]c3ccc(C(=O)Nc4nc(-c5ccccc5)cs4)cc3c2C1. The van der Waals surface area contributed by atoms with E-state index in [2.05, 4.69) is 22.2 Å². The highest BCUT2D eigenvalue weighted by Crippen LogP contribution is 2.32. The number of amides is 1. The van der Waals surface area contributed by atoms with Crippen molar-refractivity contribution >= 4 is 33.3 Å². The Labute approximate surface area is 167 Å². The van der Waals surface area contributed by atoms with Crippen molar-refractivity contribution in [2.75, 3.05) is 5.32 Å². The van der Waals surface area contributed by atoms with Crippen molar-refractivity contribution in [3.63, 3.8) is 0 Å². The number of fused-ring (bicyclic) bond motifs is 3. The van der Waals surface area contributed by atoms with E-state index in [9.17, 15) is 4.79 Å². The molecule has 0 radical (unpaired) electrons. The number of hydrogen-bond acceptors (Lipinski definition) is 3. The van der Waals surface area contributed by atoms with Gasteiger partial charge in [-0.1, -0.05) is 37.3 Å². The van der Waals surface area contributed by atoms with Crippen LogP contribution < -0.4 is 5.32 Å². The maximum atomic E-state index is 12.8. The third kappa shape index (κ3) is 3.12. The van der Waals surface area contributed by atoms with Crippen molar-refractivity contribution in [2.45, 2.75) is 26.2 Å². The van der Waals surface area contributed by atoms with Crippen molar-refractivity contribution < 1.29 is 4.79 Å². The number of nitrogens with zero attached hydrogens (tertiary/aromatic N) is 1. The minimum atomic E-state index is -0.116. The van der Waals surface area contributed by atoms with Crippen LogP contribution in [0.15, 0.2) is 53.9 Å². The third-order valence-electron chi connectivity index (χ3n) is 5.49. The lowest BCUT2D eigenvalue weighted by Gasteiger charge is -2.18. The summed E-state index contributed by atoms with van der Waals surface area (Å²) in [6.07, 6.45) is 3.39. The fourth-order valence-electron chi connectivity index (χ4n) is 3.97. The Hall–Kier alpha value is -2.92. The number of carbonyl (C=O) groups excluding carboxylic acids is 1. The lowest BCUT2D eigenvalue weighted by molar-refractivity contribution is 0.102. The molecule has 0 spiro atoms. The first-order chi connectivity index (χ1) is 13.7. The molecule has 1 unspecified atom stereocenters. The van der Waals surface area contributed by atoms with Gasteiger partial charge in [-0.2, -0.15) is 0 Å². The third-order valence-corrected chi connectivity index (χ3v) is 6.25. The molecule has 1 amide bonds. The quantitative estimate of drug-likeness (QED) is 0.476. The van der Waals surface area contributed by atoms with E-state index in [1.54, 1.807) is 0 Å². The van der Waals surface area contributed by atoms with Gasteiger partial charge in [0, 0.05) is 33.1 Å². The van der Waals surface area contributed by atoms with Gasteiger partial charge in [-0.25, -0.2) is 4.98 Å². The Bertz CT molecular complexity index is 1160. The molecule has 4 aromatic rings. The summed E-state index contributed by atoms with van der Waals surface area (Å²) in [6.45, 7) is 2.30. The van der Waals surface area contributed by atoms with Crippen molar-refractivity contribution in [3.8, 4) is 11.3 Å². The molecule has 0 aliphatic heterocycles. The summed E-state index contributed by atoms with van der Waals surface area (Å²) >= 11 is 1.45. The zero-order valence-corrected chi connectivity index (χ0v) is 16.5. The van der Waals surface area contributed by atoms with E-state index in [1.165, 1.54) is 34.4 Å². The normalized spacial score (nSPS) is 16.1. The average Bonchev–Trinajstić information content (AvgIpc) is 3.32. The fraction of sp³-hybridized carbons (Fsp3) is 0.217. The first-order valence-corrected chi connectivity index (χ1v) is 10.5. The van der Waals surface area contributed by atoms with E-state index < -0.39 is 0 Å². The van der Waals surface area contributed by atoms with E-state index in [0.29, 0.717) is 16.6 Å². The van der Waals surface area contributed by atoms with E-state index in [1.807, 2.05) is 53.9 Å². The van der Waals surface area contributed by atoms with Crippen LogP contribution in [-0.4, -0.2) is 15.9 Å². The van der Waals surface area contributed by atoms with Crippen molar-refractivity contribution in [1.82, 2.24) is 9.97 Å². The van der Waals surface area contributed by atoms with Crippen LogP contribution in [0.1, 0.15) is 35.0 Å². The van der Waals surface area contributed by atoms with E-state index in [4.69, 9.17) is 0 Å². The van der Waals surface area contributed by atoms with Crippen LogP contribution in [0.4, 0.5) is 5.13 Å². The Morgan fingerprint density at radius 2 is 2.07 bits per heavy atom. The molecular formula is C23H21N3OS. The van der Waals surface area contributed by atoms with Crippen LogP contribution in [-0.2, 0) is 12.8 Å². The van der Waals surface area contributed by atoms with Crippen molar-refractivity contribution in [2.24, 2.45) is 5.92 Å². The molecule has 0 saturated carbocycles. The van der Waals surface area contributed by atoms with Crippen molar-refractivity contribution in [3.05, 3.63) is 70.7 Å². The number of benzene rings is 2. The summed E-state index contributed by atoms with van der Waals surface area (Å²) in [5.41, 5.74) is 6.43. The second-order valence-electron chi connectivity index (χ2n) is 7.55. The van der Waals surface area contributed by atoms with Crippen LogP contribution in [0.5, 0.6) is 0 Å². The number of anilines is 1. The Kier molecular flexibility index (Phi) is 4.24. The summed E-state index contributed by atoms with van der Waals surface area (Å²) in [4.78, 5) is 20.9. The molecule has 28 heavy (non-hydrogen) atoms. The minimum Gasteiger partial charge on any atom is -0.358 e. The second-order valence-corrected chi connectivity index (χ2v) is 8.41. The Balaban J connectivity index is 1.40. The molecule has 0 saturated heterocycles. The molecule has 2 N–H and O–H groups in total. The van der Waals surface area contributed by atoms with Gasteiger partial charge in [0.15, 0.2) is 5.13 Å². The van der Waals surface area contributed by atoms with Crippen LogP contribution in [0, 0.1) is 5.92 Å². The number of hydrogen-bond donors (Lipinski definition) is 2. The molecule has 4 nitrogen and oxygen atoms in total. The van der Waals surface area contributed by atoms with Crippen molar-refractivity contribution in [1.29, 1.82) is 0 Å². The number of rotatable bonds is 3. The predicted molar refractivity (Wildman–Crippen MR) is 115 cm³/mol. The smallest absolute Gasteiger partial charge is 0.257 e. The van der Waals surface area contributed by atoms with Gasteiger partial charge < -0.3 is 4.98 Å². The highest BCUT2D eigenvalue weighted by molar-refractivity contribution is 7.14. The molecular weight excluding hydrogens is 366 g/mol. The van der Waals surface area contributed by atoms with Crippen LogP contribution >= 0.6 is 11.3 Å². The van der Waals surface area contributed by atoms with Gasteiger partial charge in [-0.05, 0) is 48.9 Å². The number of aromatic nitrogens is 2. The lowest BCUT2D eigenvalue weighted by atomic mass is 9.87. The van der Waals surface area contributed by atoms with Crippen LogP contribution in [0.25, 0.3) is 22.2 Å². The summed E-state index contributed by atoms with van der Waals surface area (Å²) in [6, 6.07) is 15.9. The number of H-pyrrole nitrogens is 1. The molecule has 1 atom stereocenters. The van der Waals surface area contributed by atoms with E-state index in [0.717, 1.165) is 29.6 Å². The maximum absolute atomic E-state index is 12.8. The van der Waals surface area contributed by atoms with Gasteiger partial charge in [0.2, 0.25) is 0 Å². The van der Waals surface area contributed by atoms with E-state index in [-0.39, 0.29) is 5.91 Å². The number of aryl methyl sites for hydroxylation is 1.